The zero-order chi connectivity index (χ0) is 14.5. The van der Waals surface area contributed by atoms with Gasteiger partial charge in [0.1, 0.15) is 11.5 Å². The first-order valence-electron chi connectivity index (χ1n) is 6.80. The summed E-state index contributed by atoms with van der Waals surface area (Å²) in [4.78, 5) is 27.8. The van der Waals surface area contributed by atoms with Crippen molar-refractivity contribution in [1.82, 2.24) is 9.80 Å². The second-order valence-electron chi connectivity index (χ2n) is 5.25. The molecule has 1 aromatic rings. The normalized spacial score (nSPS) is 16.1. The van der Waals surface area contributed by atoms with Gasteiger partial charge in [-0.1, -0.05) is 12.1 Å². The highest BCUT2D eigenvalue weighted by Gasteiger charge is 2.21. The fourth-order valence-electron chi connectivity index (χ4n) is 2.29. The fraction of sp³-hybridized carbons (Fsp3) is 0.467. The molecule has 1 aliphatic rings. The van der Waals surface area contributed by atoms with E-state index >= 15 is 0 Å². The number of nitrogens with zero attached hydrogens (tertiary/aromatic N) is 2. The van der Waals surface area contributed by atoms with E-state index in [2.05, 4.69) is 4.90 Å². The third-order valence-corrected chi connectivity index (χ3v) is 3.52. The predicted octanol–water partition coefficient (Wildman–Crippen LogP) is 0.668. The SMILES string of the molecule is CN1CCN(C(=O)CC(=O)Cc2cccc(O)c2)CC1. The third kappa shape index (κ3) is 4.06. The van der Waals surface area contributed by atoms with Gasteiger partial charge in [-0.3, -0.25) is 9.59 Å². The quantitative estimate of drug-likeness (QED) is 0.821. The molecule has 0 spiro atoms. The summed E-state index contributed by atoms with van der Waals surface area (Å²) in [5, 5.41) is 9.35. The van der Waals surface area contributed by atoms with Gasteiger partial charge in [0.2, 0.25) is 5.91 Å². The van der Waals surface area contributed by atoms with E-state index in [-0.39, 0.29) is 30.3 Å². The average Bonchev–Trinajstić information content (AvgIpc) is 2.39. The molecule has 0 bridgehead atoms. The van der Waals surface area contributed by atoms with Gasteiger partial charge < -0.3 is 14.9 Å². The maximum Gasteiger partial charge on any atom is 0.230 e. The van der Waals surface area contributed by atoms with Crippen molar-refractivity contribution in [2.24, 2.45) is 0 Å². The number of benzene rings is 1. The second kappa shape index (κ2) is 6.52. The molecule has 5 heteroatoms. The highest BCUT2D eigenvalue weighted by atomic mass is 16.3. The van der Waals surface area contributed by atoms with Gasteiger partial charge in [-0.2, -0.15) is 0 Å². The summed E-state index contributed by atoms with van der Waals surface area (Å²) in [6.07, 6.45) is 0.132. The molecule has 2 rings (SSSR count). The van der Waals surface area contributed by atoms with Crippen LogP contribution in [0, 0.1) is 0 Å². The number of rotatable bonds is 4. The Morgan fingerprint density at radius 3 is 2.55 bits per heavy atom. The van der Waals surface area contributed by atoms with Crippen molar-refractivity contribution in [2.45, 2.75) is 12.8 Å². The molecular weight excluding hydrogens is 256 g/mol. The summed E-state index contributed by atoms with van der Waals surface area (Å²) in [5.41, 5.74) is 0.737. The number of likely N-dealkylation sites (N-methyl/N-ethyl adjacent to an activating group) is 1. The lowest BCUT2D eigenvalue weighted by Gasteiger charge is -2.32. The van der Waals surface area contributed by atoms with Gasteiger partial charge in [0, 0.05) is 32.6 Å². The number of piperazine rings is 1. The summed E-state index contributed by atoms with van der Waals surface area (Å²) < 4.78 is 0. The Bertz CT molecular complexity index is 494. The van der Waals surface area contributed by atoms with Crippen molar-refractivity contribution >= 4 is 11.7 Å². The first kappa shape index (κ1) is 14.5. The van der Waals surface area contributed by atoms with E-state index in [0.717, 1.165) is 18.7 Å². The molecule has 1 fully saturated rings. The molecule has 108 valence electrons. The zero-order valence-corrected chi connectivity index (χ0v) is 11.7. The van der Waals surface area contributed by atoms with E-state index in [0.29, 0.717) is 13.1 Å². The Labute approximate surface area is 118 Å². The molecule has 1 saturated heterocycles. The number of amides is 1. The van der Waals surface area contributed by atoms with E-state index in [1.807, 2.05) is 7.05 Å². The Morgan fingerprint density at radius 1 is 1.20 bits per heavy atom. The molecule has 1 heterocycles. The Morgan fingerprint density at radius 2 is 1.90 bits per heavy atom. The van der Waals surface area contributed by atoms with E-state index in [4.69, 9.17) is 0 Å². The summed E-state index contributed by atoms with van der Waals surface area (Å²) in [5.74, 6) is -0.0662. The van der Waals surface area contributed by atoms with Crippen LogP contribution in [0.2, 0.25) is 0 Å². The molecule has 1 aliphatic heterocycles. The molecule has 0 radical (unpaired) electrons. The molecular formula is C15H20N2O3. The van der Waals surface area contributed by atoms with Crippen LogP contribution in [0.5, 0.6) is 5.75 Å². The number of phenols is 1. The lowest BCUT2D eigenvalue weighted by atomic mass is 10.1. The lowest BCUT2D eigenvalue weighted by molar-refractivity contribution is -0.136. The van der Waals surface area contributed by atoms with E-state index < -0.39 is 0 Å². The van der Waals surface area contributed by atoms with Crippen LogP contribution in [0.4, 0.5) is 0 Å². The number of ketones is 1. The third-order valence-electron chi connectivity index (χ3n) is 3.52. The molecule has 0 aromatic heterocycles. The Kier molecular flexibility index (Phi) is 4.74. The van der Waals surface area contributed by atoms with E-state index in [9.17, 15) is 14.7 Å². The van der Waals surface area contributed by atoms with Gasteiger partial charge in [-0.05, 0) is 24.7 Å². The smallest absolute Gasteiger partial charge is 0.230 e. The van der Waals surface area contributed by atoms with Gasteiger partial charge in [0.15, 0.2) is 0 Å². The van der Waals surface area contributed by atoms with Crippen LogP contribution >= 0.6 is 0 Å². The number of carbonyl (C=O) groups excluding carboxylic acids is 2. The van der Waals surface area contributed by atoms with E-state index in [1.54, 1.807) is 29.2 Å². The topological polar surface area (TPSA) is 60.9 Å². The standard InChI is InChI=1S/C15H20N2O3/c1-16-5-7-17(8-6-16)15(20)11-14(19)10-12-3-2-4-13(18)9-12/h2-4,9,18H,5-8,10-11H2,1H3. The number of phenolic OH excluding ortho intramolecular Hbond substituents is 1. The first-order chi connectivity index (χ1) is 9.54. The monoisotopic (exact) mass is 276 g/mol. The molecule has 0 saturated carbocycles. The zero-order valence-electron chi connectivity index (χ0n) is 11.7. The number of Topliss-reactive ketones (excluding diaryl/α,β-unsaturated/α-hetero) is 1. The van der Waals surface area contributed by atoms with Crippen molar-refractivity contribution in [1.29, 1.82) is 0 Å². The number of carbonyl (C=O) groups is 2. The summed E-state index contributed by atoms with van der Waals surface area (Å²) in [6.45, 7) is 3.09. The minimum atomic E-state index is -0.112. The van der Waals surface area contributed by atoms with Gasteiger partial charge in [-0.15, -0.1) is 0 Å². The number of aromatic hydroxyl groups is 1. The van der Waals surface area contributed by atoms with Crippen molar-refractivity contribution in [2.75, 3.05) is 33.2 Å². The van der Waals surface area contributed by atoms with Crippen LogP contribution in [0.3, 0.4) is 0 Å². The summed E-state index contributed by atoms with van der Waals surface area (Å²) in [6, 6.07) is 6.58. The van der Waals surface area contributed by atoms with Crippen LogP contribution < -0.4 is 0 Å². The summed E-state index contributed by atoms with van der Waals surface area (Å²) in [7, 11) is 2.02. The first-order valence-corrected chi connectivity index (χ1v) is 6.80. The van der Waals surface area contributed by atoms with Gasteiger partial charge in [-0.25, -0.2) is 0 Å². The van der Waals surface area contributed by atoms with Crippen LogP contribution in [-0.2, 0) is 16.0 Å². The molecule has 5 nitrogen and oxygen atoms in total. The lowest BCUT2D eigenvalue weighted by Crippen LogP contribution is -2.47. The van der Waals surface area contributed by atoms with Crippen LogP contribution in [0.1, 0.15) is 12.0 Å². The molecule has 0 atom stereocenters. The largest absolute Gasteiger partial charge is 0.508 e. The molecule has 1 aromatic carbocycles. The minimum Gasteiger partial charge on any atom is -0.508 e. The van der Waals surface area contributed by atoms with Crippen LogP contribution in [-0.4, -0.2) is 59.8 Å². The maximum atomic E-state index is 12.0. The van der Waals surface area contributed by atoms with Crippen LogP contribution in [0.15, 0.2) is 24.3 Å². The maximum absolute atomic E-state index is 12.0. The summed E-state index contributed by atoms with van der Waals surface area (Å²) >= 11 is 0. The predicted molar refractivity (Wildman–Crippen MR) is 75.5 cm³/mol. The van der Waals surface area contributed by atoms with Crippen molar-refractivity contribution in [3.63, 3.8) is 0 Å². The van der Waals surface area contributed by atoms with Gasteiger partial charge >= 0.3 is 0 Å². The highest BCUT2D eigenvalue weighted by Crippen LogP contribution is 2.12. The van der Waals surface area contributed by atoms with Crippen molar-refractivity contribution in [3.8, 4) is 5.75 Å². The fourth-order valence-corrected chi connectivity index (χ4v) is 2.29. The highest BCUT2D eigenvalue weighted by molar-refractivity contribution is 5.98. The van der Waals surface area contributed by atoms with Crippen molar-refractivity contribution < 1.29 is 14.7 Å². The van der Waals surface area contributed by atoms with Gasteiger partial charge in [0.05, 0.1) is 6.42 Å². The van der Waals surface area contributed by atoms with Gasteiger partial charge in [0.25, 0.3) is 0 Å². The Hall–Kier alpha value is -1.88. The number of hydrogen-bond donors (Lipinski definition) is 1. The van der Waals surface area contributed by atoms with Crippen molar-refractivity contribution in [3.05, 3.63) is 29.8 Å². The van der Waals surface area contributed by atoms with Crippen LogP contribution in [0.25, 0.3) is 0 Å². The average molecular weight is 276 g/mol. The molecule has 0 aliphatic carbocycles. The number of hydrogen-bond acceptors (Lipinski definition) is 4. The Balaban J connectivity index is 1.83. The molecule has 1 N–H and O–H groups in total. The molecule has 0 unspecified atom stereocenters. The minimum absolute atomic E-state index is 0.0562. The van der Waals surface area contributed by atoms with E-state index in [1.165, 1.54) is 0 Å². The molecule has 1 amide bonds. The molecule has 20 heavy (non-hydrogen) atoms. The second-order valence-corrected chi connectivity index (χ2v) is 5.25.